The van der Waals surface area contributed by atoms with E-state index in [0.29, 0.717) is 24.5 Å². The van der Waals surface area contributed by atoms with Gasteiger partial charge in [0.05, 0.1) is 12.5 Å². The summed E-state index contributed by atoms with van der Waals surface area (Å²) in [5.74, 6) is 1.35. The lowest BCUT2D eigenvalue weighted by Crippen LogP contribution is -2.53. The van der Waals surface area contributed by atoms with E-state index in [-0.39, 0.29) is 11.9 Å². The third-order valence-corrected chi connectivity index (χ3v) is 5.48. The Morgan fingerprint density at radius 3 is 2.50 bits per heavy atom. The van der Waals surface area contributed by atoms with Crippen molar-refractivity contribution < 1.29 is 9.53 Å². The summed E-state index contributed by atoms with van der Waals surface area (Å²) in [5, 5.41) is 3.72. The number of likely N-dealkylation sites (tertiary alicyclic amines) is 1. The molecule has 1 aromatic carbocycles. The zero-order chi connectivity index (χ0) is 16.9. The monoisotopic (exact) mass is 330 g/mol. The normalized spacial score (nSPS) is 31.2. The van der Waals surface area contributed by atoms with Gasteiger partial charge in [0.25, 0.3) is 0 Å². The zero-order valence-electron chi connectivity index (χ0n) is 14.9. The summed E-state index contributed by atoms with van der Waals surface area (Å²) in [7, 11) is 0. The molecule has 3 rings (SSSR count). The van der Waals surface area contributed by atoms with E-state index in [1.807, 2.05) is 0 Å². The second-order valence-corrected chi connectivity index (χ2v) is 7.56. The summed E-state index contributed by atoms with van der Waals surface area (Å²) in [6, 6.07) is 11.3. The molecule has 24 heavy (non-hydrogen) atoms. The number of carbonyl (C=O) groups excluding carboxylic acids is 1. The second-order valence-electron chi connectivity index (χ2n) is 7.56. The highest BCUT2D eigenvalue weighted by Gasteiger charge is 2.32. The molecule has 3 atom stereocenters. The molecule has 2 saturated heterocycles. The standard InChI is InChI=1S/C20H30N2O2/c1-15-12-22(14-17-6-4-3-5-7-17)13-16(2)19(15)21-10-8-18-9-11-24-20(18)23/h3-7,15-16,18-19,21H,8-14H2,1-2H3. The van der Waals surface area contributed by atoms with Gasteiger partial charge in [-0.2, -0.15) is 0 Å². The average Bonchev–Trinajstić information content (AvgIpc) is 2.96. The number of rotatable bonds is 6. The number of benzene rings is 1. The van der Waals surface area contributed by atoms with Crippen LogP contribution in [0.3, 0.4) is 0 Å². The molecular formula is C20H30N2O2. The molecule has 3 unspecified atom stereocenters. The first-order valence-corrected chi connectivity index (χ1v) is 9.30. The van der Waals surface area contributed by atoms with Crippen LogP contribution in [0.5, 0.6) is 0 Å². The van der Waals surface area contributed by atoms with Gasteiger partial charge in [-0.1, -0.05) is 44.2 Å². The van der Waals surface area contributed by atoms with Gasteiger partial charge in [0.1, 0.15) is 0 Å². The van der Waals surface area contributed by atoms with Gasteiger partial charge in [-0.25, -0.2) is 0 Å². The smallest absolute Gasteiger partial charge is 0.309 e. The van der Waals surface area contributed by atoms with Crippen LogP contribution in [0.25, 0.3) is 0 Å². The van der Waals surface area contributed by atoms with E-state index in [2.05, 4.69) is 54.4 Å². The van der Waals surface area contributed by atoms with Gasteiger partial charge in [0.15, 0.2) is 0 Å². The summed E-state index contributed by atoms with van der Waals surface area (Å²) in [6.07, 6.45) is 1.80. The first-order valence-electron chi connectivity index (χ1n) is 9.30. The summed E-state index contributed by atoms with van der Waals surface area (Å²) in [6.45, 7) is 9.50. The molecule has 1 aromatic rings. The molecule has 0 amide bonds. The molecule has 0 saturated carbocycles. The fraction of sp³-hybridized carbons (Fsp3) is 0.650. The predicted octanol–water partition coefficient (Wildman–Crippen LogP) is 2.69. The molecule has 0 spiro atoms. The van der Waals surface area contributed by atoms with Crippen LogP contribution >= 0.6 is 0 Å². The first kappa shape index (κ1) is 17.4. The fourth-order valence-electron chi connectivity index (χ4n) is 4.27. The summed E-state index contributed by atoms with van der Waals surface area (Å²) >= 11 is 0. The highest BCUT2D eigenvalue weighted by Crippen LogP contribution is 2.24. The number of nitrogens with zero attached hydrogens (tertiary/aromatic N) is 1. The van der Waals surface area contributed by atoms with E-state index in [4.69, 9.17) is 4.74 Å². The molecule has 4 nitrogen and oxygen atoms in total. The SMILES string of the molecule is CC1CN(Cc2ccccc2)CC(C)C1NCCC1CCOC1=O. The van der Waals surface area contributed by atoms with Crippen molar-refractivity contribution in [2.45, 2.75) is 39.3 Å². The molecule has 2 aliphatic heterocycles. The molecule has 2 heterocycles. The Hall–Kier alpha value is -1.39. The summed E-state index contributed by atoms with van der Waals surface area (Å²) < 4.78 is 5.05. The van der Waals surface area contributed by atoms with Gasteiger partial charge in [-0.05, 0) is 36.8 Å². The zero-order valence-corrected chi connectivity index (χ0v) is 14.9. The number of hydrogen-bond donors (Lipinski definition) is 1. The summed E-state index contributed by atoms with van der Waals surface area (Å²) in [4.78, 5) is 14.1. The second kappa shape index (κ2) is 8.13. The predicted molar refractivity (Wildman–Crippen MR) is 95.5 cm³/mol. The molecule has 0 aromatic heterocycles. The van der Waals surface area contributed by atoms with E-state index in [1.54, 1.807) is 0 Å². The fourth-order valence-corrected chi connectivity index (χ4v) is 4.27. The van der Waals surface area contributed by atoms with Gasteiger partial charge < -0.3 is 10.1 Å². The Balaban J connectivity index is 1.45. The Kier molecular flexibility index (Phi) is 5.90. The number of ether oxygens (including phenoxy) is 1. The van der Waals surface area contributed by atoms with Gasteiger partial charge in [-0.3, -0.25) is 9.69 Å². The summed E-state index contributed by atoms with van der Waals surface area (Å²) in [5.41, 5.74) is 1.39. The van der Waals surface area contributed by atoms with Crippen LogP contribution in [0.15, 0.2) is 30.3 Å². The number of piperidine rings is 1. The van der Waals surface area contributed by atoms with Crippen LogP contribution in [-0.4, -0.2) is 43.2 Å². The van der Waals surface area contributed by atoms with Gasteiger partial charge >= 0.3 is 5.97 Å². The lowest BCUT2D eigenvalue weighted by atomic mass is 9.85. The van der Waals surface area contributed by atoms with Crippen molar-refractivity contribution in [1.29, 1.82) is 0 Å². The largest absolute Gasteiger partial charge is 0.465 e. The van der Waals surface area contributed by atoms with E-state index >= 15 is 0 Å². The highest BCUT2D eigenvalue weighted by atomic mass is 16.5. The molecule has 2 fully saturated rings. The van der Waals surface area contributed by atoms with E-state index in [1.165, 1.54) is 5.56 Å². The molecule has 0 bridgehead atoms. The van der Waals surface area contributed by atoms with Crippen LogP contribution in [0.2, 0.25) is 0 Å². The minimum Gasteiger partial charge on any atom is -0.465 e. The van der Waals surface area contributed by atoms with E-state index in [0.717, 1.165) is 39.0 Å². The maximum atomic E-state index is 11.5. The Morgan fingerprint density at radius 2 is 1.88 bits per heavy atom. The van der Waals surface area contributed by atoms with Crippen molar-refractivity contribution in [1.82, 2.24) is 10.2 Å². The quantitative estimate of drug-likeness (QED) is 0.814. The molecule has 0 radical (unpaired) electrons. The number of nitrogens with one attached hydrogen (secondary N) is 1. The lowest BCUT2D eigenvalue weighted by Gasteiger charge is -2.42. The molecule has 4 heteroatoms. The van der Waals surface area contributed by atoms with Crippen molar-refractivity contribution in [2.75, 3.05) is 26.2 Å². The molecule has 0 aliphatic carbocycles. The van der Waals surface area contributed by atoms with E-state index in [9.17, 15) is 4.79 Å². The van der Waals surface area contributed by atoms with Gasteiger partial charge in [-0.15, -0.1) is 0 Å². The Bertz CT molecular complexity index is 522. The Morgan fingerprint density at radius 1 is 1.17 bits per heavy atom. The van der Waals surface area contributed by atoms with Gasteiger partial charge in [0.2, 0.25) is 0 Å². The Labute approximate surface area is 145 Å². The average molecular weight is 330 g/mol. The first-order chi connectivity index (χ1) is 11.6. The van der Waals surface area contributed by atoms with Crippen LogP contribution < -0.4 is 5.32 Å². The third-order valence-electron chi connectivity index (χ3n) is 5.48. The molecular weight excluding hydrogens is 300 g/mol. The maximum absolute atomic E-state index is 11.5. The number of cyclic esters (lactones) is 1. The number of carbonyl (C=O) groups is 1. The third kappa shape index (κ3) is 4.37. The topological polar surface area (TPSA) is 41.6 Å². The van der Waals surface area contributed by atoms with Crippen LogP contribution in [-0.2, 0) is 16.1 Å². The van der Waals surface area contributed by atoms with Crippen LogP contribution in [0.1, 0.15) is 32.3 Å². The number of hydrogen-bond acceptors (Lipinski definition) is 4. The minimum absolute atomic E-state index is 0.00410. The van der Waals surface area contributed by atoms with Crippen molar-refractivity contribution in [3.63, 3.8) is 0 Å². The van der Waals surface area contributed by atoms with E-state index < -0.39 is 0 Å². The van der Waals surface area contributed by atoms with Crippen molar-refractivity contribution >= 4 is 5.97 Å². The molecule has 1 N–H and O–H groups in total. The van der Waals surface area contributed by atoms with Crippen LogP contribution in [0, 0.1) is 17.8 Å². The lowest BCUT2D eigenvalue weighted by molar-refractivity contribution is -0.141. The van der Waals surface area contributed by atoms with Crippen LogP contribution in [0.4, 0.5) is 0 Å². The van der Waals surface area contributed by atoms with Gasteiger partial charge in [0, 0.05) is 25.7 Å². The minimum atomic E-state index is -0.00410. The van der Waals surface area contributed by atoms with Crippen molar-refractivity contribution in [2.24, 2.45) is 17.8 Å². The molecule has 2 aliphatic rings. The van der Waals surface area contributed by atoms with Crippen molar-refractivity contribution in [3.05, 3.63) is 35.9 Å². The maximum Gasteiger partial charge on any atom is 0.309 e. The number of esters is 1. The molecule has 132 valence electrons. The van der Waals surface area contributed by atoms with Crippen molar-refractivity contribution in [3.8, 4) is 0 Å². The highest BCUT2D eigenvalue weighted by molar-refractivity contribution is 5.74.